The zero-order valence-corrected chi connectivity index (χ0v) is 13.2. The minimum absolute atomic E-state index is 0.0443. The first-order chi connectivity index (χ1) is 10.7. The summed E-state index contributed by atoms with van der Waals surface area (Å²) in [4.78, 5) is 16.6. The monoisotopic (exact) mass is 318 g/mol. The molecule has 5 heteroatoms. The molecular weight excluding hydrogens is 299 g/mol. The van der Waals surface area contributed by atoms with Crippen LogP contribution in [-0.4, -0.2) is 16.9 Å². The Morgan fingerprint density at radius 2 is 1.95 bits per heavy atom. The maximum Gasteiger partial charge on any atom is 0.226 e. The van der Waals surface area contributed by atoms with E-state index in [9.17, 15) is 9.18 Å². The van der Waals surface area contributed by atoms with E-state index in [1.165, 1.54) is 42.7 Å². The van der Waals surface area contributed by atoms with Crippen molar-refractivity contribution in [2.24, 2.45) is 0 Å². The van der Waals surface area contributed by atoms with Crippen molar-refractivity contribution in [3.8, 4) is 10.6 Å². The molecule has 0 bridgehead atoms. The summed E-state index contributed by atoms with van der Waals surface area (Å²) in [6.07, 6.45) is 6.17. The van der Waals surface area contributed by atoms with Crippen LogP contribution in [0.2, 0.25) is 0 Å². The lowest BCUT2D eigenvalue weighted by Gasteiger charge is -2.22. The van der Waals surface area contributed by atoms with Crippen molar-refractivity contribution in [3.05, 3.63) is 41.2 Å². The van der Waals surface area contributed by atoms with E-state index >= 15 is 0 Å². The van der Waals surface area contributed by atoms with Crippen molar-refractivity contribution < 1.29 is 9.18 Å². The molecule has 0 aliphatic heterocycles. The first-order valence-corrected chi connectivity index (χ1v) is 8.58. The molecule has 1 saturated carbocycles. The summed E-state index contributed by atoms with van der Waals surface area (Å²) in [5.41, 5.74) is 1.66. The average molecular weight is 318 g/mol. The van der Waals surface area contributed by atoms with Crippen molar-refractivity contribution in [2.75, 3.05) is 0 Å². The van der Waals surface area contributed by atoms with Gasteiger partial charge in [-0.15, -0.1) is 11.3 Å². The lowest BCUT2D eigenvalue weighted by atomic mass is 9.95. The number of hydrogen-bond acceptors (Lipinski definition) is 3. The van der Waals surface area contributed by atoms with Gasteiger partial charge in [-0.25, -0.2) is 9.37 Å². The van der Waals surface area contributed by atoms with Crippen LogP contribution in [0.3, 0.4) is 0 Å². The second-order valence-corrected chi connectivity index (χ2v) is 6.59. The van der Waals surface area contributed by atoms with Gasteiger partial charge in [0.2, 0.25) is 5.91 Å². The van der Waals surface area contributed by atoms with Gasteiger partial charge in [0.15, 0.2) is 0 Å². The molecule has 1 amide bonds. The first-order valence-electron chi connectivity index (χ1n) is 7.70. The molecule has 3 nitrogen and oxygen atoms in total. The van der Waals surface area contributed by atoms with Gasteiger partial charge >= 0.3 is 0 Å². The number of aromatic nitrogens is 1. The number of halogens is 1. The summed E-state index contributed by atoms with van der Waals surface area (Å²) >= 11 is 1.48. The fourth-order valence-electron chi connectivity index (χ4n) is 2.80. The van der Waals surface area contributed by atoms with Gasteiger partial charge in [0.25, 0.3) is 0 Å². The van der Waals surface area contributed by atoms with Crippen molar-refractivity contribution in [3.63, 3.8) is 0 Å². The topological polar surface area (TPSA) is 42.0 Å². The Labute approximate surface area is 133 Å². The molecule has 3 rings (SSSR count). The molecule has 1 N–H and O–H groups in total. The van der Waals surface area contributed by atoms with E-state index in [-0.39, 0.29) is 11.7 Å². The van der Waals surface area contributed by atoms with Gasteiger partial charge in [-0.3, -0.25) is 4.79 Å². The van der Waals surface area contributed by atoms with Crippen molar-refractivity contribution in [1.29, 1.82) is 0 Å². The largest absolute Gasteiger partial charge is 0.353 e. The number of nitrogens with one attached hydrogen (secondary N) is 1. The second kappa shape index (κ2) is 7.01. The Hall–Kier alpha value is -1.75. The molecule has 0 spiro atoms. The van der Waals surface area contributed by atoms with Gasteiger partial charge in [0, 0.05) is 17.0 Å². The fourth-order valence-corrected chi connectivity index (χ4v) is 3.63. The van der Waals surface area contributed by atoms with Crippen molar-refractivity contribution >= 4 is 17.2 Å². The lowest BCUT2D eigenvalue weighted by Crippen LogP contribution is -2.37. The molecule has 1 heterocycles. The SMILES string of the molecule is O=C(Cc1csc(-c2ccc(F)cc2)n1)NC1CCCCC1. The van der Waals surface area contributed by atoms with Crippen LogP contribution in [0, 0.1) is 5.82 Å². The molecule has 1 aliphatic rings. The average Bonchev–Trinajstić information content (AvgIpc) is 2.97. The number of amides is 1. The van der Waals surface area contributed by atoms with Gasteiger partial charge in [-0.05, 0) is 37.1 Å². The van der Waals surface area contributed by atoms with Gasteiger partial charge in [-0.1, -0.05) is 19.3 Å². The van der Waals surface area contributed by atoms with Crippen molar-refractivity contribution in [1.82, 2.24) is 10.3 Å². The van der Waals surface area contributed by atoms with Crippen molar-refractivity contribution in [2.45, 2.75) is 44.6 Å². The van der Waals surface area contributed by atoms with Crippen LogP contribution in [0.25, 0.3) is 10.6 Å². The maximum absolute atomic E-state index is 12.9. The van der Waals surface area contributed by atoms with E-state index < -0.39 is 0 Å². The highest BCUT2D eigenvalue weighted by molar-refractivity contribution is 7.13. The maximum atomic E-state index is 12.9. The summed E-state index contributed by atoms with van der Waals surface area (Å²) in [6, 6.07) is 6.59. The third-order valence-electron chi connectivity index (χ3n) is 3.95. The highest BCUT2D eigenvalue weighted by Crippen LogP contribution is 2.24. The summed E-state index contributed by atoms with van der Waals surface area (Å²) in [7, 11) is 0. The van der Waals surface area contributed by atoms with E-state index in [4.69, 9.17) is 0 Å². The van der Waals surface area contributed by atoms with E-state index in [1.54, 1.807) is 12.1 Å². The molecule has 0 atom stereocenters. The molecule has 2 aromatic rings. The standard InChI is InChI=1S/C17H19FN2OS/c18-13-8-6-12(7-9-13)17-20-15(11-22-17)10-16(21)19-14-4-2-1-3-5-14/h6-9,11,14H,1-5,10H2,(H,19,21). The lowest BCUT2D eigenvalue weighted by molar-refractivity contribution is -0.121. The molecule has 1 fully saturated rings. The Morgan fingerprint density at radius 1 is 1.23 bits per heavy atom. The number of benzene rings is 1. The number of carbonyl (C=O) groups is 1. The zero-order valence-electron chi connectivity index (χ0n) is 12.3. The molecule has 0 unspecified atom stereocenters. The molecule has 0 saturated heterocycles. The minimum Gasteiger partial charge on any atom is -0.353 e. The number of thiazole rings is 1. The fraction of sp³-hybridized carbons (Fsp3) is 0.412. The van der Waals surface area contributed by atoms with Crippen LogP contribution < -0.4 is 5.32 Å². The van der Waals surface area contributed by atoms with E-state index in [2.05, 4.69) is 10.3 Å². The van der Waals surface area contributed by atoms with Crippen LogP contribution in [0.4, 0.5) is 4.39 Å². The smallest absolute Gasteiger partial charge is 0.226 e. The highest BCUT2D eigenvalue weighted by Gasteiger charge is 2.16. The number of hydrogen-bond donors (Lipinski definition) is 1. The van der Waals surface area contributed by atoms with E-state index in [0.29, 0.717) is 12.5 Å². The molecule has 1 aliphatic carbocycles. The summed E-state index contributed by atoms with van der Waals surface area (Å²) < 4.78 is 12.9. The van der Waals surface area contributed by atoms with Crippen LogP contribution in [0.1, 0.15) is 37.8 Å². The minimum atomic E-state index is -0.257. The molecule has 0 radical (unpaired) electrons. The Kier molecular flexibility index (Phi) is 4.83. The quantitative estimate of drug-likeness (QED) is 0.928. The normalized spacial score (nSPS) is 15.7. The van der Waals surface area contributed by atoms with Crippen LogP contribution in [0.5, 0.6) is 0 Å². The van der Waals surface area contributed by atoms with Gasteiger partial charge in [0.05, 0.1) is 12.1 Å². The Balaban J connectivity index is 1.59. The Bertz CT molecular complexity index is 632. The first kappa shape index (κ1) is 15.2. The molecule has 1 aromatic heterocycles. The van der Waals surface area contributed by atoms with Crippen LogP contribution in [0.15, 0.2) is 29.6 Å². The van der Waals surface area contributed by atoms with Gasteiger partial charge in [-0.2, -0.15) is 0 Å². The van der Waals surface area contributed by atoms with Crippen LogP contribution >= 0.6 is 11.3 Å². The Morgan fingerprint density at radius 3 is 2.68 bits per heavy atom. The molecule has 116 valence electrons. The van der Waals surface area contributed by atoms with E-state index in [1.807, 2.05) is 5.38 Å². The van der Waals surface area contributed by atoms with Gasteiger partial charge in [0.1, 0.15) is 10.8 Å². The number of rotatable bonds is 4. The summed E-state index contributed by atoms with van der Waals surface area (Å²) in [6.45, 7) is 0. The second-order valence-electron chi connectivity index (χ2n) is 5.73. The van der Waals surface area contributed by atoms with Gasteiger partial charge < -0.3 is 5.32 Å². The molecule has 22 heavy (non-hydrogen) atoms. The molecular formula is C17H19FN2OS. The van der Waals surface area contributed by atoms with Crippen LogP contribution in [-0.2, 0) is 11.2 Å². The predicted octanol–water partition coefficient (Wildman–Crippen LogP) is 3.94. The highest BCUT2D eigenvalue weighted by atomic mass is 32.1. The zero-order chi connectivity index (χ0) is 15.4. The summed E-state index contributed by atoms with van der Waals surface area (Å²) in [5, 5.41) is 5.82. The predicted molar refractivity (Wildman–Crippen MR) is 86.2 cm³/mol. The number of nitrogens with zero attached hydrogens (tertiary/aromatic N) is 1. The molecule has 1 aromatic carbocycles. The third kappa shape index (κ3) is 3.91. The number of carbonyl (C=O) groups excluding carboxylic acids is 1. The van der Waals surface area contributed by atoms with E-state index in [0.717, 1.165) is 29.1 Å². The summed E-state index contributed by atoms with van der Waals surface area (Å²) in [5.74, 6) is -0.213. The third-order valence-corrected chi connectivity index (χ3v) is 4.90.